The highest BCUT2D eigenvalue weighted by Crippen LogP contribution is 2.45. The van der Waals surface area contributed by atoms with Crippen LogP contribution in [0.3, 0.4) is 0 Å². The lowest BCUT2D eigenvalue weighted by molar-refractivity contribution is -0.137. The van der Waals surface area contributed by atoms with Crippen molar-refractivity contribution in [3.05, 3.63) is 91.5 Å². The van der Waals surface area contributed by atoms with E-state index in [2.05, 4.69) is 21.9 Å². The van der Waals surface area contributed by atoms with E-state index < -0.39 is 69.0 Å². The van der Waals surface area contributed by atoms with E-state index >= 15 is 0 Å². The maximum atomic E-state index is 14.4. The monoisotopic (exact) mass is 911 g/mol. The molecule has 0 radical (unpaired) electrons. The zero-order valence-electron chi connectivity index (χ0n) is 37.1. The van der Waals surface area contributed by atoms with E-state index in [4.69, 9.17) is 24.3 Å². The number of sulfonamides is 1. The number of benzene rings is 3. The maximum Gasteiger partial charge on any atom is 0.411 e. The van der Waals surface area contributed by atoms with Crippen LogP contribution in [-0.4, -0.2) is 90.1 Å². The largest absolute Gasteiger partial charge is 0.497 e. The molecule has 1 saturated carbocycles. The van der Waals surface area contributed by atoms with E-state index in [1.807, 2.05) is 36.4 Å². The van der Waals surface area contributed by atoms with Crippen LogP contribution >= 0.6 is 0 Å². The Morgan fingerprint density at radius 2 is 1.60 bits per heavy atom. The molecule has 4 N–H and O–H groups in total. The van der Waals surface area contributed by atoms with Crippen molar-refractivity contribution in [2.45, 2.75) is 113 Å². The fourth-order valence-electron chi connectivity index (χ4n) is 7.88. The molecule has 1 aliphatic heterocycles. The topological polar surface area (TPSA) is 220 Å². The van der Waals surface area contributed by atoms with E-state index in [1.54, 1.807) is 52.1 Å². The highest BCUT2D eigenvalue weighted by Gasteiger charge is 2.61. The summed E-state index contributed by atoms with van der Waals surface area (Å²) in [6.07, 6.45) is 4.60. The lowest BCUT2D eigenvalue weighted by Crippen LogP contribution is -2.56. The van der Waals surface area contributed by atoms with Gasteiger partial charge in [-0.1, -0.05) is 74.2 Å². The summed E-state index contributed by atoms with van der Waals surface area (Å²) in [5.74, 6) is -2.56. The molecule has 65 heavy (non-hydrogen) atoms. The van der Waals surface area contributed by atoms with Crippen LogP contribution in [0.1, 0.15) is 85.0 Å². The molecular weight excluding hydrogens is 855 g/mol. The Hall–Kier alpha value is -6.49. The van der Waals surface area contributed by atoms with Crippen LogP contribution in [0.25, 0.3) is 22.2 Å². The maximum absolute atomic E-state index is 14.4. The number of anilines is 1. The zero-order chi connectivity index (χ0) is 46.9. The SMILES string of the molecule is C=C[C@@H]1C[C@]1(NC(=O)[C@@H]1C[C@@H](Oc2cc(-c3ccccc3)nc3cc(OC)ccc23)CN1C(=O)OC(C)(C)C)C(=O)NS(=O)(=O)c1ccccc1NC(=O)CCCCCCCCC(=O)O. The molecule has 2 heterocycles. The molecule has 3 aromatic carbocycles. The number of unbranched alkanes of at least 4 members (excludes halogenated alkanes) is 5. The number of ether oxygens (including phenoxy) is 3. The van der Waals surface area contributed by atoms with Crippen molar-refractivity contribution in [1.82, 2.24) is 19.9 Å². The van der Waals surface area contributed by atoms with E-state index in [9.17, 15) is 32.4 Å². The quantitative estimate of drug-likeness (QED) is 0.0504. The number of methoxy groups -OCH3 is 1. The summed E-state index contributed by atoms with van der Waals surface area (Å²) in [7, 11) is -3.04. The van der Waals surface area contributed by atoms with Gasteiger partial charge in [-0.25, -0.2) is 22.9 Å². The first-order chi connectivity index (χ1) is 30.9. The highest BCUT2D eigenvalue weighted by atomic mass is 32.2. The Morgan fingerprint density at radius 1 is 0.923 bits per heavy atom. The average Bonchev–Trinajstić information content (AvgIpc) is 3.82. The second-order valence-electron chi connectivity index (χ2n) is 17.4. The minimum Gasteiger partial charge on any atom is -0.497 e. The normalized spacial score (nSPS) is 19.2. The third kappa shape index (κ3) is 12.2. The van der Waals surface area contributed by atoms with Crippen molar-refractivity contribution < 1.29 is 51.7 Å². The predicted molar refractivity (Wildman–Crippen MR) is 244 cm³/mol. The molecule has 0 unspecified atom stereocenters. The van der Waals surface area contributed by atoms with Gasteiger partial charge in [0.05, 0.1) is 30.6 Å². The fraction of sp³-hybridized carbons (Fsp3) is 0.417. The minimum atomic E-state index is -4.60. The Labute approximate surface area is 379 Å². The van der Waals surface area contributed by atoms with Crippen molar-refractivity contribution in [3.8, 4) is 22.8 Å². The van der Waals surface area contributed by atoms with Crippen LogP contribution in [0.4, 0.5) is 10.5 Å². The number of hydrogen-bond donors (Lipinski definition) is 4. The van der Waals surface area contributed by atoms with Gasteiger partial charge < -0.3 is 30.0 Å². The van der Waals surface area contributed by atoms with Gasteiger partial charge in [0.15, 0.2) is 0 Å². The highest BCUT2D eigenvalue weighted by molar-refractivity contribution is 7.90. The van der Waals surface area contributed by atoms with Crippen molar-refractivity contribution in [1.29, 1.82) is 0 Å². The molecule has 6 rings (SSSR count). The molecule has 2 fully saturated rings. The number of carboxylic acid groups (broad SMARTS) is 1. The second kappa shape index (κ2) is 20.6. The lowest BCUT2D eigenvalue weighted by atomic mass is 10.1. The standard InChI is InChI=1S/C48H57N5O11S/c1-6-32-29-48(32,45(58)52-65(60,61)41-21-17-16-20-36(41)50-42(54)22-14-9-7-8-10-15-23-43(55)56)51-44(57)39-27-34(30-53(39)46(59)64-47(2,3)4)63-40-28-37(31-18-12-11-13-19-31)49-38-26-33(62-5)24-25-35(38)40/h6,11-13,16-21,24-26,28,32,34,39H,1,7-10,14-15,22-23,27,29-30H2,2-5H3,(H,50,54)(H,51,57)(H,52,58)(H,55,56)/t32-,34-,39+,48-/m1/s1. The molecule has 4 amide bonds. The average molecular weight is 912 g/mol. The summed E-state index contributed by atoms with van der Waals surface area (Å²) in [4.78, 5) is 71.6. The molecule has 346 valence electrons. The van der Waals surface area contributed by atoms with Gasteiger partial charge in [-0.15, -0.1) is 6.58 Å². The molecule has 17 heteroatoms. The number of nitrogens with one attached hydrogen (secondary N) is 3. The molecule has 0 spiro atoms. The fourth-order valence-corrected chi connectivity index (χ4v) is 9.08. The third-order valence-corrected chi connectivity index (χ3v) is 12.7. The van der Waals surface area contributed by atoms with E-state index in [-0.39, 0.29) is 42.8 Å². The van der Waals surface area contributed by atoms with E-state index in [0.29, 0.717) is 40.9 Å². The van der Waals surface area contributed by atoms with Crippen molar-refractivity contribution in [3.63, 3.8) is 0 Å². The number of aliphatic carboxylic acids is 1. The number of likely N-dealkylation sites (tertiary alicyclic amines) is 1. The minimum absolute atomic E-state index is 0.000334. The number of carbonyl (C=O) groups is 5. The van der Waals surface area contributed by atoms with Crippen LogP contribution in [0.15, 0.2) is 96.4 Å². The van der Waals surface area contributed by atoms with Gasteiger partial charge in [-0.3, -0.25) is 24.1 Å². The Morgan fingerprint density at radius 3 is 2.26 bits per heavy atom. The number of carbonyl (C=O) groups excluding carboxylic acids is 4. The number of rotatable bonds is 20. The van der Waals surface area contributed by atoms with Crippen LogP contribution < -0.4 is 24.8 Å². The molecule has 1 saturated heterocycles. The van der Waals surface area contributed by atoms with Gasteiger partial charge in [0, 0.05) is 48.3 Å². The van der Waals surface area contributed by atoms with E-state index in [0.717, 1.165) is 31.2 Å². The summed E-state index contributed by atoms with van der Waals surface area (Å²) in [6, 6.07) is 21.2. The summed E-state index contributed by atoms with van der Waals surface area (Å²) in [5.41, 5.74) is -0.590. The smallest absolute Gasteiger partial charge is 0.411 e. The summed E-state index contributed by atoms with van der Waals surface area (Å²) in [6.45, 7) is 8.85. The van der Waals surface area contributed by atoms with Crippen LogP contribution in [-0.2, 0) is 33.9 Å². The van der Waals surface area contributed by atoms with Crippen molar-refractivity contribution in [2.24, 2.45) is 5.92 Å². The molecule has 0 bridgehead atoms. The molecule has 2 aliphatic rings. The second-order valence-corrected chi connectivity index (χ2v) is 19.0. The van der Waals surface area contributed by atoms with Gasteiger partial charge in [0.25, 0.3) is 15.9 Å². The first-order valence-corrected chi connectivity index (χ1v) is 23.2. The zero-order valence-corrected chi connectivity index (χ0v) is 37.9. The molecule has 4 aromatic rings. The molecule has 1 aliphatic carbocycles. The number of pyridine rings is 1. The lowest BCUT2D eigenvalue weighted by Gasteiger charge is -2.29. The van der Waals surface area contributed by atoms with Gasteiger partial charge in [0.2, 0.25) is 11.8 Å². The van der Waals surface area contributed by atoms with Gasteiger partial charge >= 0.3 is 12.1 Å². The van der Waals surface area contributed by atoms with Crippen LogP contribution in [0, 0.1) is 5.92 Å². The Bertz CT molecular complexity index is 2530. The first-order valence-electron chi connectivity index (χ1n) is 21.8. The van der Waals surface area contributed by atoms with E-state index in [1.165, 1.54) is 29.2 Å². The van der Waals surface area contributed by atoms with Gasteiger partial charge in [0.1, 0.15) is 39.7 Å². The van der Waals surface area contributed by atoms with Crippen molar-refractivity contribution in [2.75, 3.05) is 19.0 Å². The van der Waals surface area contributed by atoms with Crippen LogP contribution in [0.5, 0.6) is 11.5 Å². The molecule has 1 aromatic heterocycles. The van der Waals surface area contributed by atoms with Crippen LogP contribution in [0.2, 0.25) is 0 Å². The Kier molecular flexibility index (Phi) is 15.2. The summed E-state index contributed by atoms with van der Waals surface area (Å²) < 4.78 is 47.7. The molecule has 16 nitrogen and oxygen atoms in total. The number of aromatic nitrogens is 1. The third-order valence-electron chi connectivity index (χ3n) is 11.3. The predicted octanol–water partition coefficient (Wildman–Crippen LogP) is 7.38. The number of amides is 4. The number of carboxylic acids is 1. The first kappa shape index (κ1) is 48.0. The molecule has 4 atom stereocenters. The molecular formula is C48H57N5O11S. The number of hydrogen-bond acceptors (Lipinski definition) is 11. The summed E-state index contributed by atoms with van der Waals surface area (Å²) in [5, 5.41) is 14.9. The Balaban J connectivity index is 1.17. The number of nitrogens with zero attached hydrogens (tertiary/aromatic N) is 2. The van der Waals surface area contributed by atoms with Crippen molar-refractivity contribution >= 4 is 56.4 Å². The number of para-hydroxylation sites is 1. The number of fused-ring (bicyclic) bond motifs is 1. The van der Waals surface area contributed by atoms with Gasteiger partial charge in [-0.2, -0.15) is 0 Å². The summed E-state index contributed by atoms with van der Waals surface area (Å²) >= 11 is 0. The van der Waals surface area contributed by atoms with Gasteiger partial charge in [-0.05, 0) is 64.3 Å².